The number of nitrogens with one attached hydrogen (secondary N) is 1. The predicted molar refractivity (Wildman–Crippen MR) is 98.7 cm³/mol. The van der Waals surface area contributed by atoms with Gasteiger partial charge in [-0.05, 0) is 18.9 Å². The molecular formula is C19H28N6O2. The Balaban J connectivity index is 1.28. The molecule has 0 radical (unpaired) electrons. The van der Waals surface area contributed by atoms with E-state index in [1.54, 1.807) is 0 Å². The molecule has 8 heteroatoms. The second kappa shape index (κ2) is 8.21. The van der Waals surface area contributed by atoms with E-state index in [2.05, 4.69) is 36.2 Å². The van der Waals surface area contributed by atoms with Crippen molar-refractivity contribution in [1.82, 2.24) is 30.1 Å². The fraction of sp³-hybridized carbons (Fsp3) is 0.684. The van der Waals surface area contributed by atoms with Gasteiger partial charge >= 0.3 is 0 Å². The summed E-state index contributed by atoms with van der Waals surface area (Å²) in [4.78, 5) is 18.8. The predicted octanol–water partition coefficient (Wildman–Crippen LogP) is 1.84. The summed E-state index contributed by atoms with van der Waals surface area (Å²) in [5, 5.41) is 11.8. The standard InChI is InChI=1S/C19H28N6O2/c1-2-17-21-19(27-23-17)13-24-9-10-25-16(12-24)11-15(22-25)7-8-18(26)20-14-5-3-4-6-14/h11,14H,2-10,12-13H2,1H3,(H,20,26). The Hall–Kier alpha value is -2.22. The Bertz CT molecular complexity index is 777. The highest BCUT2D eigenvalue weighted by Crippen LogP contribution is 2.19. The SMILES string of the molecule is CCc1noc(CN2CCn3nc(CCC(=O)NC4CCCC4)cc3C2)n1. The molecule has 8 nitrogen and oxygen atoms in total. The summed E-state index contributed by atoms with van der Waals surface area (Å²) in [6.07, 6.45) is 6.71. The zero-order valence-electron chi connectivity index (χ0n) is 16.0. The Kier molecular flexibility index (Phi) is 5.52. The van der Waals surface area contributed by atoms with Crippen molar-refractivity contribution in [3.63, 3.8) is 0 Å². The lowest BCUT2D eigenvalue weighted by Gasteiger charge is -2.25. The number of aromatic nitrogens is 4. The molecule has 2 aliphatic rings. The van der Waals surface area contributed by atoms with Crippen LogP contribution in [-0.4, -0.2) is 43.3 Å². The number of carbonyl (C=O) groups excluding carboxylic acids is 1. The molecule has 4 rings (SSSR count). The van der Waals surface area contributed by atoms with Crippen LogP contribution in [0.2, 0.25) is 0 Å². The molecule has 146 valence electrons. The van der Waals surface area contributed by atoms with Gasteiger partial charge in [-0.25, -0.2) is 0 Å². The minimum absolute atomic E-state index is 0.151. The van der Waals surface area contributed by atoms with E-state index in [1.165, 1.54) is 18.5 Å². The average molecular weight is 372 g/mol. The van der Waals surface area contributed by atoms with Crippen LogP contribution in [0.3, 0.4) is 0 Å². The van der Waals surface area contributed by atoms with Crippen LogP contribution in [0.4, 0.5) is 0 Å². The number of amides is 1. The topological polar surface area (TPSA) is 89.1 Å². The number of hydrogen-bond donors (Lipinski definition) is 1. The van der Waals surface area contributed by atoms with Gasteiger partial charge < -0.3 is 9.84 Å². The lowest BCUT2D eigenvalue weighted by Crippen LogP contribution is -2.33. The van der Waals surface area contributed by atoms with E-state index in [9.17, 15) is 4.79 Å². The molecular weight excluding hydrogens is 344 g/mol. The summed E-state index contributed by atoms with van der Waals surface area (Å²) < 4.78 is 7.36. The van der Waals surface area contributed by atoms with Gasteiger partial charge in [0.15, 0.2) is 5.82 Å². The zero-order chi connectivity index (χ0) is 18.6. The number of rotatable bonds is 7. The van der Waals surface area contributed by atoms with Gasteiger partial charge in [0.2, 0.25) is 11.8 Å². The zero-order valence-corrected chi connectivity index (χ0v) is 16.0. The molecule has 0 atom stereocenters. The lowest BCUT2D eigenvalue weighted by molar-refractivity contribution is -0.121. The van der Waals surface area contributed by atoms with Gasteiger partial charge in [-0.3, -0.25) is 14.4 Å². The molecule has 0 bridgehead atoms. The van der Waals surface area contributed by atoms with Crippen LogP contribution in [0, 0.1) is 0 Å². The van der Waals surface area contributed by atoms with Gasteiger partial charge in [0.1, 0.15) is 0 Å². The van der Waals surface area contributed by atoms with Crippen molar-refractivity contribution in [1.29, 1.82) is 0 Å². The average Bonchev–Trinajstić information content (AvgIpc) is 3.40. The highest BCUT2D eigenvalue weighted by molar-refractivity contribution is 5.76. The summed E-state index contributed by atoms with van der Waals surface area (Å²) in [6.45, 7) is 5.24. The number of carbonyl (C=O) groups is 1. The monoisotopic (exact) mass is 372 g/mol. The van der Waals surface area contributed by atoms with E-state index in [-0.39, 0.29) is 5.91 Å². The molecule has 2 aromatic rings. The second-order valence-electron chi connectivity index (χ2n) is 7.57. The molecule has 2 aromatic heterocycles. The highest BCUT2D eigenvalue weighted by Gasteiger charge is 2.21. The lowest BCUT2D eigenvalue weighted by atomic mass is 10.2. The third-order valence-electron chi connectivity index (χ3n) is 5.44. The molecule has 27 heavy (non-hydrogen) atoms. The van der Waals surface area contributed by atoms with Crippen molar-refractivity contribution in [2.24, 2.45) is 0 Å². The minimum atomic E-state index is 0.151. The molecule has 0 unspecified atom stereocenters. The fourth-order valence-corrected chi connectivity index (χ4v) is 3.94. The van der Waals surface area contributed by atoms with Crippen molar-refractivity contribution in [3.8, 4) is 0 Å². The van der Waals surface area contributed by atoms with Gasteiger partial charge in [0.05, 0.1) is 24.5 Å². The van der Waals surface area contributed by atoms with E-state index >= 15 is 0 Å². The van der Waals surface area contributed by atoms with Crippen LogP contribution >= 0.6 is 0 Å². The van der Waals surface area contributed by atoms with Crippen molar-refractivity contribution < 1.29 is 9.32 Å². The maximum atomic E-state index is 12.1. The first-order chi connectivity index (χ1) is 13.2. The van der Waals surface area contributed by atoms with Crippen LogP contribution in [-0.2, 0) is 37.3 Å². The van der Waals surface area contributed by atoms with Crippen LogP contribution in [0.25, 0.3) is 0 Å². The summed E-state index contributed by atoms with van der Waals surface area (Å²) in [6, 6.07) is 2.51. The summed E-state index contributed by atoms with van der Waals surface area (Å²) >= 11 is 0. The largest absolute Gasteiger partial charge is 0.353 e. The molecule has 0 aromatic carbocycles. The number of fused-ring (bicyclic) bond motifs is 1. The Morgan fingerprint density at radius 1 is 1.33 bits per heavy atom. The summed E-state index contributed by atoms with van der Waals surface area (Å²) in [5.74, 6) is 1.58. The van der Waals surface area contributed by atoms with E-state index in [1.807, 2.05) is 6.92 Å². The maximum Gasteiger partial charge on any atom is 0.240 e. The first-order valence-electron chi connectivity index (χ1n) is 10.1. The summed E-state index contributed by atoms with van der Waals surface area (Å²) in [7, 11) is 0. The molecule has 1 saturated carbocycles. The van der Waals surface area contributed by atoms with Crippen molar-refractivity contribution in [2.45, 2.75) is 77.5 Å². The Morgan fingerprint density at radius 3 is 2.96 bits per heavy atom. The smallest absolute Gasteiger partial charge is 0.240 e. The third kappa shape index (κ3) is 4.55. The van der Waals surface area contributed by atoms with Crippen molar-refractivity contribution >= 4 is 5.91 Å². The van der Waals surface area contributed by atoms with Gasteiger partial charge in [0, 0.05) is 38.4 Å². The van der Waals surface area contributed by atoms with Gasteiger partial charge in [-0.2, -0.15) is 10.1 Å². The van der Waals surface area contributed by atoms with Crippen LogP contribution < -0.4 is 5.32 Å². The molecule has 1 aliphatic carbocycles. The summed E-state index contributed by atoms with van der Waals surface area (Å²) in [5.41, 5.74) is 2.18. The van der Waals surface area contributed by atoms with E-state index in [4.69, 9.17) is 4.52 Å². The highest BCUT2D eigenvalue weighted by atomic mass is 16.5. The van der Waals surface area contributed by atoms with Gasteiger partial charge in [0.25, 0.3) is 0 Å². The Labute approximate surface area is 159 Å². The third-order valence-corrected chi connectivity index (χ3v) is 5.44. The molecule has 1 fully saturated rings. The normalized spacial score (nSPS) is 18.0. The fourth-order valence-electron chi connectivity index (χ4n) is 3.94. The number of hydrogen-bond acceptors (Lipinski definition) is 6. The van der Waals surface area contributed by atoms with Crippen LogP contribution in [0.1, 0.15) is 62.1 Å². The number of nitrogens with zero attached hydrogens (tertiary/aromatic N) is 5. The molecule has 1 amide bonds. The molecule has 0 spiro atoms. The number of aryl methyl sites for hydroxylation is 2. The first-order valence-corrected chi connectivity index (χ1v) is 10.1. The van der Waals surface area contributed by atoms with E-state index in [0.717, 1.165) is 50.4 Å². The quantitative estimate of drug-likeness (QED) is 0.798. The maximum absolute atomic E-state index is 12.1. The minimum Gasteiger partial charge on any atom is -0.353 e. The van der Waals surface area contributed by atoms with Crippen molar-refractivity contribution in [2.75, 3.05) is 6.54 Å². The second-order valence-corrected chi connectivity index (χ2v) is 7.57. The first kappa shape index (κ1) is 18.2. The molecule has 3 heterocycles. The molecule has 0 saturated heterocycles. The van der Waals surface area contributed by atoms with Crippen LogP contribution in [0.5, 0.6) is 0 Å². The van der Waals surface area contributed by atoms with E-state index in [0.29, 0.717) is 31.3 Å². The molecule has 1 aliphatic heterocycles. The van der Waals surface area contributed by atoms with Crippen molar-refractivity contribution in [3.05, 3.63) is 29.2 Å². The van der Waals surface area contributed by atoms with E-state index < -0.39 is 0 Å². The Morgan fingerprint density at radius 2 is 2.19 bits per heavy atom. The molecule has 1 N–H and O–H groups in total. The van der Waals surface area contributed by atoms with Gasteiger partial charge in [-0.15, -0.1) is 0 Å². The van der Waals surface area contributed by atoms with Crippen LogP contribution in [0.15, 0.2) is 10.6 Å². The van der Waals surface area contributed by atoms with Gasteiger partial charge in [-0.1, -0.05) is 24.9 Å².